The van der Waals surface area contributed by atoms with E-state index in [-0.39, 0.29) is 6.42 Å². The first-order chi connectivity index (χ1) is 7.45. The van der Waals surface area contributed by atoms with Crippen molar-refractivity contribution in [2.45, 2.75) is 37.3 Å². The molecule has 0 aliphatic rings. The van der Waals surface area contributed by atoms with Gasteiger partial charge in [0.15, 0.2) is 5.78 Å². The van der Waals surface area contributed by atoms with Gasteiger partial charge in [0, 0.05) is 11.8 Å². The lowest BCUT2D eigenvalue weighted by Gasteiger charge is -2.24. The Morgan fingerprint density at radius 2 is 1.69 bits per heavy atom. The third-order valence-electron chi connectivity index (χ3n) is 2.14. The van der Waals surface area contributed by atoms with Crippen molar-refractivity contribution < 1.29 is 30.3 Å². The van der Waals surface area contributed by atoms with Crippen molar-refractivity contribution in [2.24, 2.45) is 0 Å². The molecule has 0 saturated carbocycles. The number of aliphatic hydroxyl groups excluding tert-OH is 5. The molecule has 0 unspecified atom stereocenters. The fourth-order valence-corrected chi connectivity index (χ4v) is 1.38. The molecule has 0 aliphatic carbocycles. The highest BCUT2D eigenvalue weighted by Gasteiger charge is 2.33. The van der Waals surface area contributed by atoms with Crippen LogP contribution in [0.15, 0.2) is 0 Å². The number of ketones is 1. The second kappa shape index (κ2) is 8.10. The molecule has 0 bridgehead atoms. The van der Waals surface area contributed by atoms with E-state index in [4.69, 9.17) is 10.2 Å². The van der Waals surface area contributed by atoms with Gasteiger partial charge in [-0.25, -0.2) is 0 Å². The average molecular weight is 301 g/mol. The fraction of sp³-hybridized carbons (Fsp3) is 0.889. The van der Waals surface area contributed by atoms with Crippen LogP contribution in [0.5, 0.6) is 0 Å². The SMILES string of the molecule is O=C(CCCBr)[C@H](O)[C@@H](O)[C@H](O)[C@H](O)CO. The molecule has 5 N–H and O–H groups in total. The summed E-state index contributed by atoms with van der Waals surface area (Å²) in [5.74, 6) is -0.615. The van der Waals surface area contributed by atoms with Gasteiger partial charge in [-0.3, -0.25) is 4.79 Å². The lowest BCUT2D eigenvalue weighted by Crippen LogP contribution is -2.48. The van der Waals surface area contributed by atoms with Crippen molar-refractivity contribution in [3.63, 3.8) is 0 Å². The van der Waals surface area contributed by atoms with E-state index in [1.165, 1.54) is 0 Å². The number of alkyl halides is 1. The average Bonchev–Trinajstić information content (AvgIpc) is 2.31. The minimum Gasteiger partial charge on any atom is -0.394 e. The Hall–Kier alpha value is -0.0500. The number of aliphatic hydroxyl groups is 5. The highest BCUT2D eigenvalue weighted by Crippen LogP contribution is 2.09. The zero-order valence-electron chi connectivity index (χ0n) is 8.66. The number of rotatable bonds is 8. The van der Waals surface area contributed by atoms with E-state index in [0.717, 1.165) is 0 Å². The van der Waals surface area contributed by atoms with Gasteiger partial charge in [0.25, 0.3) is 0 Å². The topological polar surface area (TPSA) is 118 Å². The number of carbonyl (C=O) groups excluding carboxylic acids is 1. The van der Waals surface area contributed by atoms with Gasteiger partial charge in [-0.15, -0.1) is 0 Å². The van der Waals surface area contributed by atoms with Crippen LogP contribution in [0, 0.1) is 0 Å². The predicted molar refractivity (Wildman–Crippen MR) is 59.1 cm³/mol. The van der Waals surface area contributed by atoms with Gasteiger partial charge in [0.05, 0.1) is 6.61 Å². The van der Waals surface area contributed by atoms with E-state index < -0.39 is 36.8 Å². The molecular weight excluding hydrogens is 284 g/mol. The van der Waals surface area contributed by atoms with Crippen molar-refractivity contribution in [3.8, 4) is 0 Å². The minimum absolute atomic E-state index is 0.0609. The highest BCUT2D eigenvalue weighted by molar-refractivity contribution is 9.09. The van der Waals surface area contributed by atoms with Crippen LogP contribution in [0.2, 0.25) is 0 Å². The van der Waals surface area contributed by atoms with Crippen molar-refractivity contribution in [3.05, 3.63) is 0 Å². The zero-order valence-corrected chi connectivity index (χ0v) is 10.2. The van der Waals surface area contributed by atoms with Crippen molar-refractivity contribution in [1.82, 2.24) is 0 Å². The smallest absolute Gasteiger partial charge is 0.164 e. The first-order valence-electron chi connectivity index (χ1n) is 4.87. The quantitative estimate of drug-likeness (QED) is 0.336. The summed E-state index contributed by atoms with van der Waals surface area (Å²) in [7, 11) is 0. The van der Waals surface area contributed by atoms with E-state index in [0.29, 0.717) is 11.8 Å². The molecule has 16 heavy (non-hydrogen) atoms. The summed E-state index contributed by atoms with van der Waals surface area (Å²) in [6.07, 6.45) is -6.34. The molecule has 0 aromatic rings. The highest BCUT2D eigenvalue weighted by atomic mass is 79.9. The van der Waals surface area contributed by atoms with Gasteiger partial charge < -0.3 is 25.5 Å². The molecule has 0 radical (unpaired) electrons. The number of hydrogen-bond acceptors (Lipinski definition) is 6. The standard InChI is InChI=1S/C9H17BrO6/c10-3-1-2-5(12)7(14)9(16)8(15)6(13)4-11/h6-9,11,13-16H,1-4H2/t6-,7+,8-,9-/m1/s1. The summed E-state index contributed by atoms with van der Waals surface area (Å²) in [4.78, 5) is 11.3. The first kappa shape index (κ1) is 16.0. The van der Waals surface area contributed by atoms with Gasteiger partial charge in [-0.1, -0.05) is 15.9 Å². The molecule has 0 aromatic heterocycles. The number of Topliss-reactive ketones (excluding diaryl/α,β-unsaturated/α-hetero) is 1. The maximum absolute atomic E-state index is 11.3. The van der Waals surface area contributed by atoms with Crippen LogP contribution < -0.4 is 0 Å². The monoisotopic (exact) mass is 300 g/mol. The van der Waals surface area contributed by atoms with Crippen molar-refractivity contribution >= 4 is 21.7 Å². The molecule has 96 valence electrons. The van der Waals surface area contributed by atoms with Crippen LogP contribution in [0.4, 0.5) is 0 Å². The fourth-order valence-electron chi connectivity index (χ4n) is 1.10. The molecule has 7 heteroatoms. The lowest BCUT2D eigenvalue weighted by atomic mass is 9.98. The summed E-state index contributed by atoms with van der Waals surface area (Å²) in [6.45, 7) is -0.763. The van der Waals surface area contributed by atoms with Crippen LogP contribution in [0.1, 0.15) is 12.8 Å². The van der Waals surface area contributed by atoms with E-state index >= 15 is 0 Å². The Morgan fingerprint density at radius 3 is 2.12 bits per heavy atom. The lowest BCUT2D eigenvalue weighted by molar-refractivity contribution is -0.147. The maximum atomic E-state index is 11.3. The third kappa shape index (κ3) is 4.86. The molecule has 0 saturated heterocycles. The number of hydrogen-bond donors (Lipinski definition) is 5. The Bertz CT molecular complexity index is 212. The van der Waals surface area contributed by atoms with Gasteiger partial charge in [-0.05, 0) is 6.42 Å². The molecule has 0 fully saturated rings. The Kier molecular flexibility index (Phi) is 8.08. The van der Waals surface area contributed by atoms with Gasteiger partial charge in [0.1, 0.15) is 24.4 Å². The van der Waals surface area contributed by atoms with E-state index in [1.54, 1.807) is 0 Å². The third-order valence-corrected chi connectivity index (χ3v) is 2.70. The summed E-state index contributed by atoms with van der Waals surface area (Å²) in [5.41, 5.74) is 0. The zero-order chi connectivity index (χ0) is 12.7. The summed E-state index contributed by atoms with van der Waals surface area (Å²) in [6, 6.07) is 0. The second-order valence-electron chi connectivity index (χ2n) is 3.43. The summed E-state index contributed by atoms with van der Waals surface area (Å²) >= 11 is 3.11. The van der Waals surface area contributed by atoms with E-state index in [1.807, 2.05) is 0 Å². The molecule has 0 aromatic carbocycles. The molecule has 0 spiro atoms. The van der Waals surface area contributed by atoms with Crippen molar-refractivity contribution in [1.29, 1.82) is 0 Å². The minimum atomic E-state index is -1.80. The molecule has 6 nitrogen and oxygen atoms in total. The summed E-state index contributed by atoms with van der Waals surface area (Å²) < 4.78 is 0. The van der Waals surface area contributed by atoms with Crippen LogP contribution >= 0.6 is 15.9 Å². The van der Waals surface area contributed by atoms with Crippen LogP contribution in [0.3, 0.4) is 0 Å². The Balaban J connectivity index is 4.25. The van der Waals surface area contributed by atoms with Crippen molar-refractivity contribution in [2.75, 3.05) is 11.9 Å². The molecule has 0 rings (SSSR count). The van der Waals surface area contributed by atoms with Gasteiger partial charge >= 0.3 is 0 Å². The Morgan fingerprint density at radius 1 is 1.12 bits per heavy atom. The van der Waals surface area contributed by atoms with Crippen LogP contribution in [0.25, 0.3) is 0 Å². The molecule has 0 heterocycles. The van der Waals surface area contributed by atoms with E-state index in [2.05, 4.69) is 15.9 Å². The first-order valence-corrected chi connectivity index (χ1v) is 5.99. The second-order valence-corrected chi connectivity index (χ2v) is 4.23. The molecular formula is C9H17BrO6. The number of carbonyl (C=O) groups is 1. The maximum Gasteiger partial charge on any atom is 0.164 e. The largest absolute Gasteiger partial charge is 0.394 e. The normalized spacial score (nSPS) is 18.9. The Labute approximate surface area is 102 Å². The number of halogens is 1. The molecule has 4 atom stereocenters. The van der Waals surface area contributed by atoms with Gasteiger partial charge in [0.2, 0.25) is 0 Å². The summed E-state index contributed by atoms with van der Waals surface area (Å²) in [5, 5.41) is 46.1. The van der Waals surface area contributed by atoms with Crippen LogP contribution in [-0.4, -0.2) is 67.7 Å². The molecule has 0 amide bonds. The molecule has 0 aliphatic heterocycles. The predicted octanol–water partition coefficient (Wildman–Crippen LogP) is -1.83. The van der Waals surface area contributed by atoms with Gasteiger partial charge in [-0.2, -0.15) is 0 Å². The van der Waals surface area contributed by atoms with E-state index in [9.17, 15) is 20.1 Å². The van der Waals surface area contributed by atoms with Crippen LogP contribution in [-0.2, 0) is 4.79 Å².